The molecule has 0 radical (unpaired) electrons. The maximum absolute atomic E-state index is 5.46. The SMILES string of the molecule is COc1ccc(OC)c(C=Nn2c(-c3cccs3)csc2=Nc2cccnc2)c1. The van der Waals surface area contributed by atoms with Crippen LogP contribution in [0.2, 0.25) is 0 Å². The zero-order valence-corrected chi connectivity index (χ0v) is 17.5. The number of benzene rings is 1. The average molecular weight is 423 g/mol. The first-order valence-electron chi connectivity index (χ1n) is 8.74. The Morgan fingerprint density at radius 3 is 2.72 bits per heavy atom. The zero-order chi connectivity index (χ0) is 20.1. The Morgan fingerprint density at radius 1 is 1.07 bits per heavy atom. The van der Waals surface area contributed by atoms with E-state index < -0.39 is 0 Å². The van der Waals surface area contributed by atoms with Gasteiger partial charge in [-0.2, -0.15) is 5.10 Å². The largest absolute Gasteiger partial charge is 0.497 e. The fourth-order valence-corrected chi connectivity index (χ4v) is 4.32. The first-order valence-corrected chi connectivity index (χ1v) is 10.5. The summed E-state index contributed by atoms with van der Waals surface area (Å²) in [5.41, 5.74) is 2.57. The summed E-state index contributed by atoms with van der Waals surface area (Å²) >= 11 is 3.19. The van der Waals surface area contributed by atoms with Gasteiger partial charge in [0.1, 0.15) is 11.5 Å². The number of pyridine rings is 1. The molecule has 8 heteroatoms. The molecule has 0 saturated carbocycles. The minimum atomic E-state index is 0.716. The molecule has 6 nitrogen and oxygen atoms in total. The molecular formula is C21H18N4O2S2. The molecule has 0 atom stereocenters. The van der Waals surface area contributed by atoms with E-state index in [1.54, 1.807) is 44.2 Å². The number of methoxy groups -OCH3 is 2. The molecule has 0 N–H and O–H groups in total. The predicted molar refractivity (Wildman–Crippen MR) is 118 cm³/mol. The molecule has 0 bridgehead atoms. The van der Waals surface area contributed by atoms with Crippen molar-refractivity contribution >= 4 is 34.6 Å². The highest BCUT2D eigenvalue weighted by Gasteiger charge is 2.09. The molecule has 0 aliphatic heterocycles. The van der Waals surface area contributed by atoms with Crippen molar-refractivity contribution in [2.75, 3.05) is 14.2 Å². The van der Waals surface area contributed by atoms with E-state index in [4.69, 9.17) is 19.6 Å². The van der Waals surface area contributed by atoms with Crippen LogP contribution in [0.25, 0.3) is 10.6 Å². The number of hydrogen-bond acceptors (Lipinski definition) is 7. The van der Waals surface area contributed by atoms with Crippen molar-refractivity contribution < 1.29 is 9.47 Å². The first kappa shape index (κ1) is 19.1. The van der Waals surface area contributed by atoms with Crippen LogP contribution in [0, 0.1) is 0 Å². The Hall–Kier alpha value is -3.23. The molecule has 0 amide bonds. The molecule has 29 heavy (non-hydrogen) atoms. The van der Waals surface area contributed by atoms with Gasteiger partial charge in [0.15, 0.2) is 0 Å². The second-order valence-electron chi connectivity index (χ2n) is 5.87. The van der Waals surface area contributed by atoms with E-state index in [0.717, 1.165) is 32.4 Å². The number of aromatic nitrogens is 2. The number of nitrogens with zero attached hydrogens (tertiary/aromatic N) is 4. The van der Waals surface area contributed by atoms with Gasteiger partial charge in [-0.3, -0.25) is 4.98 Å². The van der Waals surface area contributed by atoms with E-state index in [2.05, 4.69) is 16.4 Å². The standard InChI is InChI=1S/C21H18N4O2S2/c1-26-17-7-8-19(27-2)15(11-17)12-23-25-18(20-6-4-10-28-20)14-29-21(25)24-16-5-3-9-22-13-16/h3-14H,1-2H3. The van der Waals surface area contributed by atoms with E-state index in [0.29, 0.717) is 5.75 Å². The number of hydrogen-bond donors (Lipinski definition) is 0. The average Bonchev–Trinajstić information content (AvgIpc) is 3.42. The third kappa shape index (κ3) is 4.28. The number of thiazole rings is 1. The van der Waals surface area contributed by atoms with Crippen molar-refractivity contribution in [3.63, 3.8) is 0 Å². The van der Waals surface area contributed by atoms with Crippen LogP contribution in [0.4, 0.5) is 5.69 Å². The minimum Gasteiger partial charge on any atom is -0.497 e. The second-order valence-corrected chi connectivity index (χ2v) is 7.65. The van der Waals surface area contributed by atoms with Gasteiger partial charge in [-0.05, 0) is 41.8 Å². The van der Waals surface area contributed by atoms with Gasteiger partial charge in [-0.25, -0.2) is 9.67 Å². The molecular weight excluding hydrogens is 404 g/mol. The lowest BCUT2D eigenvalue weighted by molar-refractivity contribution is 0.402. The van der Waals surface area contributed by atoms with Gasteiger partial charge in [0.2, 0.25) is 4.80 Å². The summed E-state index contributed by atoms with van der Waals surface area (Å²) in [5.74, 6) is 1.45. The van der Waals surface area contributed by atoms with Crippen LogP contribution in [0.1, 0.15) is 5.56 Å². The molecule has 0 spiro atoms. The number of rotatable bonds is 6. The molecule has 4 rings (SSSR count). The lowest BCUT2D eigenvalue weighted by Crippen LogP contribution is -2.11. The molecule has 0 fully saturated rings. The van der Waals surface area contributed by atoms with Gasteiger partial charge in [-0.1, -0.05) is 6.07 Å². The molecule has 146 valence electrons. The molecule has 3 heterocycles. The lowest BCUT2D eigenvalue weighted by Gasteiger charge is -2.07. The highest BCUT2D eigenvalue weighted by Crippen LogP contribution is 2.26. The van der Waals surface area contributed by atoms with Crippen molar-refractivity contribution in [2.24, 2.45) is 10.1 Å². The minimum absolute atomic E-state index is 0.716. The van der Waals surface area contributed by atoms with Gasteiger partial charge < -0.3 is 9.47 Å². The van der Waals surface area contributed by atoms with Crippen molar-refractivity contribution in [1.82, 2.24) is 9.66 Å². The monoisotopic (exact) mass is 422 g/mol. The molecule has 4 aromatic rings. The topological polar surface area (TPSA) is 61.0 Å². The van der Waals surface area contributed by atoms with Crippen molar-refractivity contribution in [2.45, 2.75) is 0 Å². The zero-order valence-electron chi connectivity index (χ0n) is 15.9. The Kier molecular flexibility index (Phi) is 5.83. The van der Waals surface area contributed by atoms with E-state index >= 15 is 0 Å². The molecule has 1 aromatic carbocycles. The summed E-state index contributed by atoms with van der Waals surface area (Å²) in [4.78, 5) is 10.7. The summed E-state index contributed by atoms with van der Waals surface area (Å²) in [5, 5.41) is 8.83. The molecule has 0 aliphatic carbocycles. The quantitative estimate of drug-likeness (QED) is 0.419. The van der Waals surface area contributed by atoms with Crippen LogP contribution in [-0.2, 0) is 0 Å². The van der Waals surface area contributed by atoms with Crippen molar-refractivity contribution in [1.29, 1.82) is 0 Å². The summed E-state index contributed by atoms with van der Waals surface area (Å²) in [6.45, 7) is 0. The van der Waals surface area contributed by atoms with Crippen molar-refractivity contribution in [3.8, 4) is 22.1 Å². The third-order valence-corrected chi connectivity index (χ3v) is 5.79. The smallest absolute Gasteiger partial charge is 0.211 e. The Labute approximate surface area is 176 Å². The van der Waals surface area contributed by atoms with Gasteiger partial charge in [0.05, 0.1) is 42.9 Å². The van der Waals surface area contributed by atoms with Gasteiger partial charge in [-0.15, -0.1) is 22.7 Å². The van der Waals surface area contributed by atoms with Crippen LogP contribution in [-0.4, -0.2) is 30.1 Å². The molecule has 0 aliphatic rings. The fourth-order valence-electron chi connectivity index (χ4n) is 2.67. The van der Waals surface area contributed by atoms with E-state index in [-0.39, 0.29) is 0 Å². The summed E-state index contributed by atoms with van der Waals surface area (Å²) in [7, 11) is 3.27. The van der Waals surface area contributed by atoms with Gasteiger partial charge in [0, 0.05) is 17.1 Å². The Morgan fingerprint density at radius 2 is 2.00 bits per heavy atom. The summed E-state index contributed by atoms with van der Waals surface area (Å²) in [6, 6.07) is 13.5. The summed E-state index contributed by atoms with van der Waals surface area (Å²) in [6.07, 6.45) is 5.21. The number of ether oxygens (including phenoxy) is 2. The third-order valence-electron chi connectivity index (χ3n) is 4.08. The highest BCUT2D eigenvalue weighted by molar-refractivity contribution is 7.14. The number of thiophene rings is 1. The van der Waals surface area contributed by atoms with Crippen LogP contribution in [0.5, 0.6) is 11.5 Å². The Balaban J connectivity index is 1.83. The van der Waals surface area contributed by atoms with Gasteiger partial charge >= 0.3 is 0 Å². The summed E-state index contributed by atoms with van der Waals surface area (Å²) < 4.78 is 12.6. The maximum atomic E-state index is 5.46. The first-order chi connectivity index (χ1) is 14.3. The molecule has 0 saturated heterocycles. The van der Waals surface area contributed by atoms with Gasteiger partial charge in [0.25, 0.3) is 0 Å². The molecule has 3 aromatic heterocycles. The second kappa shape index (κ2) is 8.85. The highest BCUT2D eigenvalue weighted by atomic mass is 32.1. The van der Waals surface area contributed by atoms with Crippen molar-refractivity contribution in [3.05, 3.63) is 76.0 Å². The Bertz CT molecular complexity index is 1180. The van der Waals surface area contributed by atoms with E-state index in [1.165, 1.54) is 11.3 Å². The lowest BCUT2D eigenvalue weighted by atomic mass is 10.2. The van der Waals surface area contributed by atoms with Crippen LogP contribution in [0.3, 0.4) is 0 Å². The van der Waals surface area contributed by atoms with Crippen LogP contribution in [0.15, 0.2) is 75.7 Å². The fraction of sp³-hybridized carbons (Fsp3) is 0.0952. The van der Waals surface area contributed by atoms with E-state index in [9.17, 15) is 0 Å². The van der Waals surface area contributed by atoms with Crippen LogP contribution >= 0.6 is 22.7 Å². The maximum Gasteiger partial charge on any atom is 0.211 e. The van der Waals surface area contributed by atoms with Crippen LogP contribution < -0.4 is 14.3 Å². The predicted octanol–water partition coefficient (Wildman–Crippen LogP) is 4.80. The van der Waals surface area contributed by atoms with E-state index in [1.807, 2.05) is 46.5 Å². The normalized spacial score (nSPS) is 11.9. The molecule has 0 unspecified atom stereocenters.